The Balaban J connectivity index is 4.78. The first kappa shape index (κ1) is 13.8. The molecule has 0 bridgehead atoms. The summed E-state index contributed by atoms with van der Waals surface area (Å²) >= 11 is 0. The van der Waals surface area contributed by atoms with Crippen molar-refractivity contribution in [3.63, 3.8) is 0 Å². The Bertz CT molecular complexity index is 262. The van der Waals surface area contributed by atoms with Crippen LogP contribution in [0.4, 0.5) is 0 Å². The number of aliphatic hydroxyl groups is 1. The van der Waals surface area contributed by atoms with Gasteiger partial charge in [-0.2, -0.15) is 0 Å². The van der Waals surface area contributed by atoms with Crippen molar-refractivity contribution < 1.29 is 5.11 Å². The maximum absolute atomic E-state index is 9.43. The van der Waals surface area contributed by atoms with Gasteiger partial charge in [0.15, 0.2) is 0 Å². The molecule has 0 saturated carbocycles. The zero-order valence-corrected chi connectivity index (χ0v) is 9.85. The van der Waals surface area contributed by atoms with Crippen molar-refractivity contribution in [2.75, 3.05) is 0 Å². The molecule has 0 rings (SSSR count). The Labute approximate surface area is 92.7 Å². The number of hydrogen-bond acceptors (Lipinski definition) is 2. The second-order valence-electron chi connectivity index (χ2n) is 3.39. The number of hydrogen-bond donors (Lipinski definition) is 1. The SMILES string of the molecule is C=NC(/C=C(C=CCC)/C=C\C)C(C)O. The lowest BCUT2D eigenvalue weighted by Gasteiger charge is -2.10. The van der Waals surface area contributed by atoms with Crippen LogP contribution in [0.3, 0.4) is 0 Å². The van der Waals surface area contributed by atoms with E-state index in [2.05, 4.69) is 24.7 Å². The average Bonchev–Trinajstić information content (AvgIpc) is 2.21. The topological polar surface area (TPSA) is 32.6 Å². The minimum absolute atomic E-state index is 0.238. The number of rotatable bonds is 6. The van der Waals surface area contributed by atoms with Crippen molar-refractivity contribution in [3.05, 3.63) is 36.0 Å². The Morgan fingerprint density at radius 1 is 1.47 bits per heavy atom. The van der Waals surface area contributed by atoms with Crippen molar-refractivity contribution in [3.8, 4) is 0 Å². The summed E-state index contributed by atoms with van der Waals surface area (Å²) < 4.78 is 0. The third-order valence-corrected chi connectivity index (χ3v) is 1.97. The molecule has 2 nitrogen and oxygen atoms in total. The zero-order chi connectivity index (χ0) is 11.7. The van der Waals surface area contributed by atoms with Crippen molar-refractivity contribution in [2.24, 2.45) is 4.99 Å². The van der Waals surface area contributed by atoms with E-state index in [0.29, 0.717) is 0 Å². The molecule has 0 aliphatic heterocycles. The van der Waals surface area contributed by atoms with E-state index in [1.165, 1.54) is 0 Å². The van der Waals surface area contributed by atoms with Crippen molar-refractivity contribution in [1.82, 2.24) is 0 Å². The van der Waals surface area contributed by atoms with Gasteiger partial charge in [0.2, 0.25) is 0 Å². The molecule has 0 aromatic heterocycles. The molecule has 0 aliphatic rings. The Morgan fingerprint density at radius 3 is 2.53 bits per heavy atom. The van der Waals surface area contributed by atoms with E-state index in [4.69, 9.17) is 0 Å². The highest BCUT2D eigenvalue weighted by atomic mass is 16.3. The third-order valence-electron chi connectivity index (χ3n) is 1.97. The summed E-state index contributed by atoms with van der Waals surface area (Å²) in [6.07, 6.45) is 10.5. The molecule has 84 valence electrons. The highest BCUT2D eigenvalue weighted by Gasteiger charge is 2.08. The summed E-state index contributed by atoms with van der Waals surface area (Å²) in [5.41, 5.74) is 1.05. The summed E-state index contributed by atoms with van der Waals surface area (Å²) in [5.74, 6) is 0. The van der Waals surface area contributed by atoms with Gasteiger partial charge >= 0.3 is 0 Å². The van der Waals surface area contributed by atoms with Crippen LogP contribution in [0.15, 0.2) is 40.9 Å². The lowest BCUT2D eigenvalue weighted by Crippen LogP contribution is -2.18. The second kappa shape index (κ2) is 8.18. The van der Waals surface area contributed by atoms with Crippen molar-refractivity contribution in [1.29, 1.82) is 0 Å². The fourth-order valence-corrected chi connectivity index (χ4v) is 1.15. The first-order valence-electron chi connectivity index (χ1n) is 5.30. The molecule has 2 atom stereocenters. The first-order valence-corrected chi connectivity index (χ1v) is 5.30. The standard InChI is InChI=1S/C13H21NO/c1-5-7-9-12(8-6-2)10-13(14-4)11(3)15/h6-11,13,15H,4-5H2,1-3H3/b8-6-,9-7?,12-10-. The molecule has 0 aromatic carbocycles. The second-order valence-corrected chi connectivity index (χ2v) is 3.39. The van der Waals surface area contributed by atoms with Crippen LogP contribution in [-0.2, 0) is 0 Å². The van der Waals surface area contributed by atoms with Gasteiger partial charge < -0.3 is 5.11 Å². The van der Waals surface area contributed by atoms with Gasteiger partial charge in [-0.05, 0) is 32.6 Å². The van der Waals surface area contributed by atoms with Gasteiger partial charge in [-0.1, -0.05) is 37.3 Å². The Morgan fingerprint density at radius 2 is 2.13 bits per heavy atom. The van der Waals surface area contributed by atoms with Crippen LogP contribution in [0.2, 0.25) is 0 Å². The average molecular weight is 207 g/mol. The smallest absolute Gasteiger partial charge is 0.0937 e. The molecule has 0 fully saturated rings. The fraction of sp³-hybridized carbons (Fsp3) is 0.462. The number of aliphatic hydroxyl groups excluding tert-OH is 1. The van der Waals surface area contributed by atoms with Crippen LogP contribution >= 0.6 is 0 Å². The molecule has 0 amide bonds. The van der Waals surface area contributed by atoms with Crippen LogP contribution < -0.4 is 0 Å². The Hall–Kier alpha value is -1.15. The molecule has 0 heterocycles. The normalized spacial score (nSPS) is 17.2. The molecular weight excluding hydrogens is 186 g/mol. The molecule has 15 heavy (non-hydrogen) atoms. The first-order chi connectivity index (χ1) is 7.15. The minimum Gasteiger partial charge on any atom is -0.391 e. The molecule has 1 N–H and O–H groups in total. The van der Waals surface area contributed by atoms with Gasteiger partial charge in [0.25, 0.3) is 0 Å². The van der Waals surface area contributed by atoms with Gasteiger partial charge in [0.05, 0.1) is 12.1 Å². The largest absolute Gasteiger partial charge is 0.391 e. The van der Waals surface area contributed by atoms with Crippen LogP contribution in [0, 0.1) is 0 Å². The predicted octanol–water partition coefficient (Wildman–Crippen LogP) is 2.91. The van der Waals surface area contributed by atoms with E-state index < -0.39 is 6.10 Å². The quantitative estimate of drug-likeness (QED) is 0.527. The van der Waals surface area contributed by atoms with E-state index in [9.17, 15) is 5.11 Å². The highest BCUT2D eigenvalue weighted by Crippen LogP contribution is 2.08. The molecule has 2 heteroatoms. The van der Waals surface area contributed by atoms with Gasteiger partial charge in [-0.15, -0.1) is 0 Å². The number of aliphatic imine (C=N–C) groups is 1. The summed E-state index contributed by atoms with van der Waals surface area (Å²) in [4.78, 5) is 3.87. The van der Waals surface area contributed by atoms with E-state index >= 15 is 0 Å². The molecule has 0 aliphatic carbocycles. The molecule has 0 spiro atoms. The monoisotopic (exact) mass is 207 g/mol. The summed E-state index contributed by atoms with van der Waals surface area (Å²) in [7, 11) is 0. The summed E-state index contributed by atoms with van der Waals surface area (Å²) in [6, 6.07) is -0.238. The van der Waals surface area contributed by atoms with Crippen LogP contribution in [0.25, 0.3) is 0 Å². The maximum atomic E-state index is 9.43. The Kier molecular flexibility index (Phi) is 7.56. The van der Waals surface area contributed by atoms with Gasteiger partial charge in [-0.3, -0.25) is 4.99 Å². The summed E-state index contributed by atoms with van der Waals surface area (Å²) in [5, 5.41) is 9.43. The van der Waals surface area contributed by atoms with E-state index in [1.807, 2.05) is 31.2 Å². The van der Waals surface area contributed by atoms with E-state index in [1.54, 1.807) is 6.92 Å². The lowest BCUT2D eigenvalue weighted by atomic mass is 10.1. The highest BCUT2D eigenvalue weighted by molar-refractivity contribution is 5.34. The lowest BCUT2D eigenvalue weighted by molar-refractivity contribution is 0.181. The third kappa shape index (κ3) is 6.02. The number of allylic oxidation sites excluding steroid dienone is 5. The van der Waals surface area contributed by atoms with Crippen molar-refractivity contribution >= 4 is 6.72 Å². The summed E-state index contributed by atoms with van der Waals surface area (Å²) in [6.45, 7) is 9.24. The van der Waals surface area contributed by atoms with Crippen LogP contribution in [-0.4, -0.2) is 24.0 Å². The van der Waals surface area contributed by atoms with Gasteiger partial charge in [0, 0.05) is 0 Å². The molecule has 2 unspecified atom stereocenters. The van der Waals surface area contributed by atoms with Crippen LogP contribution in [0.1, 0.15) is 27.2 Å². The van der Waals surface area contributed by atoms with Crippen molar-refractivity contribution in [2.45, 2.75) is 39.3 Å². The van der Waals surface area contributed by atoms with E-state index in [-0.39, 0.29) is 6.04 Å². The molecule has 0 aromatic rings. The molecular formula is C13H21NO. The molecule has 0 saturated heterocycles. The zero-order valence-electron chi connectivity index (χ0n) is 9.85. The molecule has 0 radical (unpaired) electrons. The van der Waals surface area contributed by atoms with Gasteiger partial charge in [-0.25, -0.2) is 0 Å². The number of nitrogens with zero attached hydrogens (tertiary/aromatic N) is 1. The predicted molar refractivity (Wildman–Crippen MR) is 67.3 cm³/mol. The fourth-order valence-electron chi connectivity index (χ4n) is 1.15. The minimum atomic E-state index is -0.502. The van der Waals surface area contributed by atoms with Crippen LogP contribution in [0.5, 0.6) is 0 Å². The van der Waals surface area contributed by atoms with E-state index in [0.717, 1.165) is 12.0 Å². The maximum Gasteiger partial charge on any atom is 0.0937 e. The van der Waals surface area contributed by atoms with Gasteiger partial charge in [0.1, 0.15) is 0 Å².